The summed E-state index contributed by atoms with van der Waals surface area (Å²) in [6.45, 7) is 2.59. The Hall–Kier alpha value is -0.880. The Morgan fingerprint density at radius 3 is 3.14 bits per heavy atom. The Morgan fingerprint density at radius 2 is 2.50 bits per heavy atom. The van der Waals surface area contributed by atoms with E-state index in [0.717, 1.165) is 0 Å². The normalized spacial score (nSPS) is 12.5. The Kier molecular flexibility index (Phi) is 4.09. The van der Waals surface area contributed by atoms with Gasteiger partial charge in [0.15, 0.2) is 0 Å². The molecule has 0 aliphatic rings. The molecule has 0 fully saturated rings. The molecular weight excluding hydrogens is 250 g/mol. The van der Waals surface area contributed by atoms with Gasteiger partial charge in [0.05, 0.1) is 6.33 Å². The molecule has 1 rings (SSSR count). The van der Waals surface area contributed by atoms with Crippen LogP contribution in [0.1, 0.15) is 6.92 Å². The summed E-state index contributed by atoms with van der Waals surface area (Å²) < 4.78 is 5.75. The molecule has 78 valence electrons. The first kappa shape index (κ1) is 11.2. The maximum Gasteiger partial charge on any atom is 0.268 e. The predicted octanol–water partition coefficient (Wildman–Crippen LogP) is 0.519. The van der Waals surface area contributed by atoms with Crippen LogP contribution in [0.4, 0.5) is 0 Å². The Labute approximate surface area is 90.0 Å². The maximum absolute atomic E-state index is 11.1. The van der Waals surface area contributed by atoms with E-state index < -0.39 is 0 Å². The van der Waals surface area contributed by atoms with E-state index in [0.29, 0.717) is 16.9 Å². The topological polar surface area (TPSA) is 67.0 Å². The number of hydrogen-bond donors (Lipinski definition) is 2. The number of nitrogens with one attached hydrogen (secondary N) is 2. The van der Waals surface area contributed by atoms with E-state index >= 15 is 0 Å². The molecule has 0 saturated heterocycles. The smallest absolute Gasteiger partial charge is 0.268 e. The fourth-order valence-corrected chi connectivity index (χ4v) is 1.28. The summed E-state index contributed by atoms with van der Waals surface area (Å²) in [5, 5.41) is 2.97. The Bertz CT molecular complexity index is 353. The molecule has 6 heteroatoms. The average Bonchev–Trinajstić information content (AvgIpc) is 2.13. The quantitative estimate of drug-likeness (QED) is 0.830. The minimum Gasteiger partial charge on any atom is -0.472 e. The zero-order chi connectivity index (χ0) is 10.6. The predicted molar refractivity (Wildman–Crippen MR) is 56.6 cm³/mol. The van der Waals surface area contributed by atoms with Crippen LogP contribution in [0.15, 0.2) is 15.6 Å². The molecule has 1 aromatic rings. The van der Waals surface area contributed by atoms with Crippen molar-refractivity contribution in [1.82, 2.24) is 15.3 Å². The highest BCUT2D eigenvalue weighted by Gasteiger charge is 2.09. The summed E-state index contributed by atoms with van der Waals surface area (Å²) in [5.74, 6) is 0.316. The van der Waals surface area contributed by atoms with Crippen molar-refractivity contribution in [2.45, 2.75) is 13.0 Å². The van der Waals surface area contributed by atoms with Gasteiger partial charge in [-0.25, -0.2) is 4.98 Å². The van der Waals surface area contributed by atoms with E-state index in [2.05, 4.69) is 31.2 Å². The second-order valence-corrected chi connectivity index (χ2v) is 3.63. The zero-order valence-corrected chi connectivity index (χ0v) is 9.59. The minimum absolute atomic E-state index is 0.0365. The van der Waals surface area contributed by atoms with Crippen LogP contribution < -0.4 is 15.6 Å². The van der Waals surface area contributed by atoms with Gasteiger partial charge in [0.2, 0.25) is 5.88 Å². The highest BCUT2D eigenvalue weighted by molar-refractivity contribution is 9.10. The van der Waals surface area contributed by atoms with Gasteiger partial charge in [0.25, 0.3) is 5.56 Å². The number of likely N-dealkylation sites (N-methyl/N-ethyl adjacent to an activating group) is 1. The van der Waals surface area contributed by atoms with E-state index in [9.17, 15) is 4.79 Å². The second kappa shape index (κ2) is 5.11. The number of aromatic amines is 1. The number of hydrogen-bond acceptors (Lipinski definition) is 4. The molecule has 0 saturated carbocycles. The van der Waals surface area contributed by atoms with E-state index in [4.69, 9.17) is 4.74 Å². The van der Waals surface area contributed by atoms with Crippen molar-refractivity contribution in [2.75, 3.05) is 13.6 Å². The largest absolute Gasteiger partial charge is 0.472 e. The molecule has 0 aliphatic carbocycles. The van der Waals surface area contributed by atoms with Crippen molar-refractivity contribution in [3.05, 3.63) is 21.2 Å². The molecule has 0 amide bonds. The number of rotatable bonds is 4. The summed E-state index contributed by atoms with van der Waals surface area (Å²) in [6.07, 6.45) is 1.28. The number of ether oxygens (including phenoxy) is 1. The van der Waals surface area contributed by atoms with Crippen molar-refractivity contribution in [2.24, 2.45) is 0 Å². The molecule has 1 atom stereocenters. The first-order valence-corrected chi connectivity index (χ1v) is 4.99. The van der Waals surface area contributed by atoms with Gasteiger partial charge < -0.3 is 15.0 Å². The van der Waals surface area contributed by atoms with Crippen molar-refractivity contribution in [3.63, 3.8) is 0 Å². The van der Waals surface area contributed by atoms with E-state index in [1.807, 2.05) is 14.0 Å². The fraction of sp³-hybridized carbons (Fsp3) is 0.500. The van der Waals surface area contributed by atoms with Gasteiger partial charge in [-0.1, -0.05) is 0 Å². The highest BCUT2D eigenvalue weighted by Crippen LogP contribution is 2.16. The van der Waals surface area contributed by atoms with Crippen molar-refractivity contribution >= 4 is 15.9 Å². The average molecular weight is 262 g/mol. The summed E-state index contributed by atoms with van der Waals surface area (Å²) in [6, 6.07) is 0. The van der Waals surface area contributed by atoms with Crippen molar-refractivity contribution < 1.29 is 4.74 Å². The number of aromatic nitrogens is 2. The standard InChI is InChI=1S/C8H12BrN3O2/c1-5(3-10-2)14-8-6(9)7(13)11-4-12-8/h4-5,10H,3H2,1-2H3,(H,11,12,13). The highest BCUT2D eigenvalue weighted by atomic mass is 79.9. The molecule has 5 nitrogen and oxygen atoms in total. The van der Waals surface area contributed by atoms with E-state index in [1.54, 1.807) is 0 Å². The third kappa shape index (κ3) is 2.81. The Morgan fingerprint density at radius 1 is 1.79 bits per heavy atom. The third-order valence-corrected chi connectivity index (χ3v) is 2.27. The fourth-order valence-electron chi connectivity index (χ4n) is 0.969. The lowest BCUT2D eigenvalue weighted by molar-refractivity contribution is 0.209. The molecule has 2 N–H and O–H groups in total. The molecule has 0 aromatic carbocycles. The lowest BCUT2D eigenvalue weighted by Gasteiger charge is -2.13. The van der Waals surface area contributed by atoms with Crippen molar-refractivity contribution in [3.8, 4) is 5.88 Å². The zero-order valence-electron chi connectivity index (χ0n) is 8.00. The van der Waals surface area contributed by atoms with Gasteiger partial charge in [-0.15, -0.1) is 0 Å². The summed E-state index contributed by atoms with van der Waals surface area (Å²) in [7, 11) is 1.83. The number of H-pyrrole nitrogens is 1. The van der Waals surface area contributed by atoms with Crippen LogP contribution in [0.3, 0.4) is 0 Å². The maximum atomic E-state index is 11.1. The Balaban J connectivity index is 2.76. The molecule has 0 spiro atoms. The van der Waals surface area contributed by atoms with E-state index in [-0.39, 0.29) is 11.7 Å². The van der Waals surface area contributed by atoms with E-state index in [1.165, 1.54) is 6.33 Å². The van der Waals surface area contributed by atoms with Crippen LogP contribution in [0.25, 0.3) is 0 Å². The van der Waals surface area contributed by atoms with Gasteiger partial charge in [-0.3, -0.25) is 4.79 Å². The van der Waals surface area contributed by atoms with Crippen LogP contribution in [-0.4, -0.2) is 29.7 Å². The SMILES string of the molecule is CNCC(C)Oc1nc[nH]c(=O)c1Br. The molecular formula is C8H12BrN3O2. The summed E-state index contributed by atoms with van der Waals surface area (Å²) >= 11 is 3.11. The molecule has 14 heavy (non-hydrogen) atoms. The number of nitrogens with zero attached hydrogens (tertiary/aromatic N) is 1. The van der Waals surface area contributed by atoms with Crippen LogP contribution in [0.5, 0.6) is 5.88 Å². The van der Waals surface area contributed by atoms with Gasteiger partial charge in [0, 0.05) is 6.54 Å². The second-order valence-electron chi connectivity index (χ2n) is 2.84. The lowest BCUT2D eigenvalue weighted by atomic mass is 10.4. The monoisotopic (exact) mass is 261 g/mol. The van der Waals surface area contributed by atoms with Crippen molar-refractivity contribution in [1.29, 1.82) is 0 Å². The number of halogens is 1. The minimum atomic E-state index is -0.244. The van der Waals surface area contributed by atoms with Crippen LogP contribution in [0.2, 0.25) is 0 Å². The van der Waals surface area contributed by atoms with Gasteiger partial charge in [-0.05, 0) is 29.9 Å². The van der Waals surface area contributed by atoms with Gasteiger partial charge >= 0.3 is 0 Å². The summed E-state index contributed by atoms with van der Waals surface area (Å²) in [5.41, 5.74) is -0.244. The first-order chi connectivity index (χ1) is 6.65. The molecule has 0 bridgehead atoms. The third-order valence-electron chi connectivity index (χ3n) is 1.57. The van der Waals surface area contributed by atoms with Crippen LogP contribution in [0, 0.1) is 0 Å². The van der Waals surface area contributed by atoms with Crippen LogP contribution >= 0.6 is 15.9 Å². The molecule has 1 unspecified atom stereocenters. The van der Waals surface area contributed by atoms with Crippen LogP contribution in [-0.2, 0) is 0 Å². The van der Waals surface area contributed by atoms with Gasteiger partial charge in [0.1, 0.15) is 10.6 Å². The van der Waals surface area contributed by atoms with Gasteiger partial charge in [-0.2, -0.15) is 0 Å². The molecule has 0 aliphatic heterocycles. The molecule has 1 heterocycles. The summed E-state index contributed by atoms with van der Waals surface area (Å²) in [4.78, 5) is 17.5. The molecule has 0 radical (unpaired) electrons. The first-order valence-electron chi connectivity index (χ1n) is 4.19. The lowest BCUT2D eigenvalue weighted by Crippen LogP contribution is -2.27. The molecule has 1 aromatic heterocycles.